The summed E-state index contributed by atoms with van der Waals surface area (Å²) in [5, 5.41) is 31.9. The van der Waals surface area contributed by atoms with Gasteiger partial charge in [0.2, 0.25) is 0 Å². The highest BCUT2D eigenvalue weighted by Crippen LogP contribution is 2.70. The van der Waals surface area contributed by atoms with Crippen molar-refractivity contribution in [2.24, 2.45) is 28.6 Å². The molecule has 29 heavy (non-hydrogen) atoms. The zero-order valence-electron chi connectivity index (χ0n) is 16.9. The Morgan fingerprint density at radius 3 is 2.55 bits per heavy atom. The van der Waals surface area contributed by atoms with E-state index in [2.05, 4.69) is 0 Å². The van der Waals surface area contributed by atoms with Crippen molar-refractivity contribution < 1.29 is 33.7 Å². The molecule has 1 unspecified atom stereocenters. The maximum absolute atomic E-state index is 16.9. The number of alkyl halides is 2. The molecule has 4 rings (SSSR count). The third-order valence-electron chi connectivity index (χ3n) is 8.78. The number of allylic oxidation sites excluding steroid dienone is 4. The topological polar surface area (TPSA) is 94.8 Å². The van der Waals surface area contributed by atoms with Crippen LogP contribution in [-0.2, 0) is 9.59 Å². The molecule has 0 radical (unpaired) electrons. The third-order valence-corrected chi connectivity index (χ3v) is 8.78. The molecule has 0 saturated heterocycles. The Balaban J connectivity index is 1.87. The van der Waals surface area contributed by atoms with E-state index in [1.54, 1.807) is 13.8 Å². The molecule has 0 aromatic rings. The van der Waals surface area contributed by atoms with E-state index in [-0.39, 0.29) is 24.8 Å². The van der Waals surface area contributed by atoms with Crippen molar-refractivity contribution in [3.8, 4) is 0 Å². The molecule has 0 aromatic heterocycles. The van der Waals surface area contributed by atoms with Gasteiger partial charge in [-0.05, 0) is 55.7 Å². The van der Waals surface area contributed by atoms with Gasteiger partial charge in [-0.1, -0.05) is 19.9 Å². The Morgan fingerprint density at radius 2 is 1.93 bits per heavy atom. The first-order valence-electron chi connectivity index (χ1n) is 10.2. The molecule has 0 spiro atoms. The van der Waals surface area contributed by atoms with Crippen molar-refractivity contribution in [1.82, 2.24) is 0 Å². The summed E-state index contributed by atoms with van der Waals surface area (Å²) >= 11 is 0. The lowest BCUT2D eigenvalue weighted by molar-refractivity contribution is -0.223. The van der Waals surface area contributed by atoms with E-state index in [4.69, 9.17) is 0 Å². The lowest BCUT2D eigenvalue weighted by Crippen LogP contribution is -2.70. The molecule has 0 aliphatic heterocycles. The van der Waals surface area contributed by atoms with Crippen LogP contribution in [-0.4, -0.2) is 57.0 Å². The summed E-state index contributed by atoms with van der Waals surface area (Å²) in [7, 11) is 0. The largest absolute Gasteiger partial charge is 0.390 e. The molecule has 0 heterocycles. The molecule has 0 bridgehead atoms. The highest BCUT2D eigenvalue weighted by molar-refractivity contribution is 6.01. The fraction of sp³-hybridized carbons (Fsp3) is 0.727. The Morgan fingerprint density at radius 1 is 1.28 bits per heavy atom. The van der Waals surface area contributed by atoms with Crippen LogP contribution in [0.5, 0.6) is 0 Å². The van der Waals surface area contributed by atoms with Crippen molar-refractivity contribution >= 4 is 11.6 Å². The van der Waals surface area contributed by atoms with Crippen molar-refractivity contribution in [3.05, 3.63) is 23.8 Å². The molecule has 5 nitrogen and oxygen atoms in total. The summed E-state index contributed by atoms with van der Waals surface area (Å²) in [6.07, 6.45) is 0.427. The Bertz CT molecular complexity index is 839. The van der Waals surface area contributed by atoms with Crippen LogP contribution in [0.3, 0.4) is 0 Å². The number of carbonyl (C=O) groups excluding carboxylic acids is 2. The second kappa shape index (κ2) is 6.05. The number of carbonyl (C=O) groups is 2. The molecule has 0 aromatic carbocycles. The fourth-order valence-corrected chi connectivity index (χ4v) is 7.25. The van der Waals surface area contributed by atoms with Crippen molar-refractivity contribution in [1.29, 1.82) is 0 Å². The number of aliphatic hydroxyl groups is 3. The van der Waals surface area contributed by atoms with E-state index in [1.807, 2.05) is 0 Å². The zero-order chi connectivity index (χ0) is 21.6. The monoisotopic (exact) mass is 410 g/mol. The smallest absolute Gasteiger partial charge is 0.190 e. The minimum absolute atomic E-state index is 0.0409. The molecule has 7 heteroatoms. The number of hydrogen-bond donors (Lipinski definition) is 3. The number of halogens is 2. The Hall–Kier alpha value is -1.44. The minimum atomic E-state index is -2.24. The molecular weight excluding hydrogens is 382 g/mol. The van der Waals surface area contributed by atoms with Gasteiger partial charge >= 0.3 is 0 Å². The van der Waals surface area contributed by atoms with E-state index in [9.17, 15) is 24.9 Å². The van der Waals surface area contributed by atoms with E-state index in [1.165, 1.54) is 19.1 Å². The number of fused-ring (bicyclic) bond motifs is 5. The first-order valence-corrected chi connectivity index (χ1v) is 10.2. The van der Waals surface area contributed by atoms with Gasteiger partial charge in [-0.15, -0.1) is 0 Å². The summed E-state index contributed by atoms with van der Waals surface area (Å²) < 4.78 is 32.1. The summed E-state index contributed by atoms with van der Waals surface area (Å²) in [4.78, 5) is 24.3. The van der Waals surface area contributed by atoms with Crippen LogP contribution in [0.4, 0.5) is 8.78 Å². The van der Waals surface area contributed by atoms with Gasteiger partial charge in [-0.3, -0.25) is 9.59 Å². The first-order chi connectivity index (χ1) is 13.4. The molecule has 4 aliphatic rings. The summed E-state index contributed by atoms with van der Waals surface area (Å²) in [6.45, 7) is 3.96. The summed E-state index contributed by atoms with van der Waals surface area (Å²) in [5.41, 5.74) is -6.81. The van der Waals surface area contributed by atoms with Gasteiger partial charge in [0.25, 0.3) is 0 Å². The second-order valence-electron chi connectivity index (χ2n) is 9.84. The van der Waals surface area contributed by atoms with E-state index in [0.29, 0.717) is 0 Å². The molecule has 9 atom stereocenters. The molecule has 160 valence electrons. The molecule has 3 N–H and O–H groups in total. The minimum Gasteiger partial charge on any atom is -0.390 e. The number of ketones is 2. The zero-order valence-corrected chi connectivity index (χ0v) is 16.9. The maximum Gasteiger partial charge on any atom is 0.190 e. The van der Waals surface area contributed by atoms with Gasteiger partial charge in [0.1, 0.15) is 18.4 Å². The predicted molar refractivity (Wildman–Crippen MR) is 100 cm³/mol. The number of hydrogen-bond acceptors (Lipinski definition) is 5. The van der Waals surface area contributed by atoms with Crippen LogP contribution in [0, 0.1) is 28.6 Å². The van der Waals surface area contributed by atoms with Crippen LogP contribution >= 0.6 is 0 Å². The predicted octanol–water partition coefficient (Wildman–Crippen LogP) is 1.84. The molecule has 4 aliphatic carbocycles. The number of rotatable bonds is 2. The van der Waals surface area contributed by atoms with Crippen LogP contribution in [0.25, 0.3) is 0 Å². The first kappa shape index (κ1) is 20.8. The van der Waals surface area contributed by atoms with Crippen LogP contribution < -0.4 is 0 Å². The quantitative estimate of drug-likeness (QED) is 0.646. The highest BCUT2D eigenvalue weighted by Gasteiger charge is 2.76. The van der Waals surface area contributed by atoms with Crippen molar-refractivity contribution in [2.75, 3.05) is 6.61 Å². The SMILES string of the molecule is C[C@H]1C[C@H]2[C@@H]3C[C@H](F)C4=CC(=O)C=C[C@]4(C)[C@@]3(F)C(O)C[C@]2(C)[C@@]1(O)C(=O)CO. The summed E-state index contributed by atoms with van der Waals surface area (Å²) in [6, 6.07) is 0. The van der Waals surface area contributed by atoms with Crippen molar-refractivity contribution in [2.45, 2.75) is 63.6 Å². The van der Waals surface area contributed by atoms with E-state index < -0.39 is 70.3 Å². The average molecular weight is 410 g/mol. The van der Waals surface area contributed by atoms with E-state index in [0.717, 1.165) is 6.08 Å². The third kappa shape index (κ3) is 2.19. The Kier molecular flexibility index (Phi) is 4.34. The lowest BCUT2D eigenvalue weighted by Gasteiger charge is -2.63. The molecular formula is C22H28F2O5. The average Bonchev–Trinajstić information content (AvgIpc) is 2.86. The summed E-state index contributed by atoms with van der Waals surface area (Å²) in [5.74, 6) is -3.24. The normalized spacial score (nSPS) is 53.7. The van der Waals surface area contributed by atoms with E-state index >= 15 is 8.78 Å². The fourth-order valence-electron chi connectivity index (χ4n) is 7.25. The molecule has 0 amide bonds. The number of Topliss-reactive ketones (excluding diaryl/α,β-unsaturated/α-hetero) is 1. The van der Waals surface area contributed by atoms with Gasteiger partial charge in [0.05, 0.1) is 6.10 Å². The maximum atomic E-state index is 16.9. The van der Waals surface area contributed by atoms with Gasteiger partial charge < -0.3 is 15.3 Å². The Labute approximate surface area is 168 Å². The van der Waals surface area contributed by atoms with Crippen LogP contribution in [0.15, 0.2) is 23.8 Å². The standard InChI is InChI=1S/C22H28F2O5/c1-11-6-13-14-8-16(23)15-7-12(26)4-5-19(15,2)21(14,24)17(27)9-20(13,3)22(11,29)18(28)10-25/h4-5,7,11,13-14,16-17,25,27,29H,6,8-10H2,1-3H3/t11-,13-,14-,16-,17?,19-,20-,21-,22-/m0/s1. The molecule has 3 fully saturated rings. The second-order valence-corrected chi connectivity index (χ2v) is 9.84. The van der Waals surface area contributed by atoms with Gasteiger partial charge in [0.15, 0.2) is 17.2 Å². The molecule has 3 saturated carbocycles. The van der Waals surface area contributed by atoms with Crippen molar-refractivity contribution in [3.63, 3.8) is 0 Å². The van der Waals surface area contributed by atoms with Gasteiger partial charge in [-0.25, -0.2) is 8.78 Å². The van der Waals surface area contributed by atoms with Crippen LogP contribution in [0.2, 0.25) is 0 Å². The van der Waals surface area contributed by atoms with Gasteiger partial charge in [0, 0.05) is 16.7 Å². The van der Waals surface area contributed by atoms with Crippen LogP contribution in [0.1, 0.15) is 40.0 Å². The lowest BCUT2D eigenvalue weighted by atomic mass is 9.44. The van der Waals surface area contributed by atoms with Gasteiger partial charge in [-0.2, -0.15) is 0 Å². The highest BCUT2D eigenvalue weighted by atomic mass is 19.1. The number of aliphatic hydroxyl groups excluding tert-OH is 2.